The van der Waals surface area contributed by atoms with Gasteiger partial charge in [-0.1, -0.05) is 28.1 Å². The molecule has 0 aromatic heterocycles. The van der Waals surface area contributed by atoms with E-state index in [9.17, 15) is 13.2 Å². The molecule has 0 spiro atoms. The number of halogens is 1. The van der Waals surface area contributed by atoms with Gasteiger partial charge in [-0.25, -0.2) is 12.7 Å². The third-order valence-corrected chi connectivity index (χ3v) is 5.47. The van der Waals surface area contributed by atoms with Gasteiger partial charge in [-0.3, -0.25) is 4.79 Å². The number of nitrogens with zero attached hydrogens (tertiary/aromatic N) is 1. The first-order chi connectivity index (χ1) is 10.8. The van der Waals surface area contributed by atoms with E-state index < -0.39 is 10.0 Å². The molecule has 0 bridgehead atoms. The van der Waals surface area contributed by atoms with Gasteiger partial charge in [0.2, 0.25) is 10.0 Å². The zero-order valence-electron chi connectivity index (χ0n) is 12.7. The summed E-state index contributed by atoms with van der Waals surface area (Å²) in [6, 6.07) is 11.7. The lowest BCUT2D eigenvalue weighted by Crippen LogP contribution is -2.22. The molecule has 0 aliphatic carbocycles. The minimum atomic E-state index is -3.49. The second-order valence-electron chi connectivity index (χ2n) is 5.02. The van der Waals surface area contributed by atoms with Gasteiger partial charge in [-0.2, -0.15) is 0 Å². The summed E-state index contributed by atoms with van der Waals surface area (Å²) in [5.74, 6) is 0.448. The number of benzene rings is 2. The van der Waals surface area contributed by atoms with Crippen molar-refractivity contribution < 1.29 is 17.9 Å². The molecule has 23 heavy (non-hydrogen) atoms. The second-order valence-corrected chi connectivity index (χ2v) is 8.09. The van der Waals surface area contributed by atoms with Crippen molar-refractivity contribution in [2.45, 2.75) is 11.5 Å². The molecule has 0 atom stereocenters. The van der Waals surface area contributed by atoms with Crippen LogP contribution in [0.4, 0.5) is 0 Å². The zero-order chi connectivity index (χ0) is 17.0. The maximum absolute atomic E-state index is 12.1. The van der Waals surface area contributed by atoms with E-state index in [0.717, 1.165) is 8.78 Å². The minimum Gasteiger partial charge on any atom is -0.488 e. The second kappa shape index (κ2) is 7.25. The number of carbonyl (C=O) groups excluding carboxylic acids is 1. The van der Waals surface area contributed by atoms with Crippen molar-refractivity contribution in [3.63, 3.8) is 0 Å². The standard InChI is InChI=1S/C16H16BrNO4S/c1-18(2)23(20,21)15-5-3-4-12(8-15)11-22-16-7-6-14(17)9-13(16)10-19/h3-10H,11H2,1-2H3. The van der Waals surface area contributed by atoms with Crippen LogP contribution in [0.25, 0.3) is 0 Å². The third kappa shape index (κ3) is 4.19. The van der Waals surface area contributed by atoms with Crippen LogP contribution in [0.15, 0.2) is 51.8 Å². The van der Waals surface area contributed by atoms with Gasteiger partial charge >= 0.3 is 0 Å². The first kappa shape index (κ1) is 17.7. The average molecular weight is 398 g/mol. The van der Waals surface area contributed by atoms with E-state index in [1.807, 2.05) is 0 Å². The van der Waals surface area contributed by atoms with E-state index in [1.165, 1.54) is 20.2 Å². The fourth-order valence-electron chi connectivity index (χ4n) is 1.91. The Kier molecular flexibility index (Phi) is 5.56. The predicted octanol–water partition coefficient (Wildman–Crippen LogP) is 3.09. The highest BCUT2D eigenvalue weighted by Gasteiger charge is 2.17. The molecular weight excluding hydrogens is 382 g/mol. The van der Waals surface area contributed by atoms with Crippen molar-refractivity contribution in [1.29, 1.82) is 0 Å². The van der Waals surface area contributed by atoms with Crippen molar-refractivity contribution in [2.75, 3.05) is 14.1 Å². The topological polar surface area (TPSA) is 63.7 Å². The summed E-state index contributed by atoms with van der Waals surface area (Å²) in [6.07, 6.45) is 0.715. The lowest BCUT2D eigenvalue weighted by atomic mass is 10.2. The highest BCUT2D eigenvalue weighted by Crippen LogP contribution is 2.23. The van der Waals surface area contributed by atoms with Crippen molar-refractivity contribution >= 4 is 32.2 Å². The van der Waals surface area contributed by atoms with Gasteiger partial charge in [-0.05, 0) is 35.9 Å². The molecule has 0 unspecified atom stereocenters. The summed E-state index contributed by atoms with van der Waals surface area (Å²) in [5.41, 5.74) is 1.13. The number of hydrogen-bond donors (Lipinski definition) is 0. The molecule has 0 N–H and O–H groups in total. The third-order valence-electron chi connectivity index (χ3n) is 3.17. The average Bonchev–Trinajstić information content (AvgIpc) is 2.53. The van der Waals surface area contributed by atoms with Crippen molar-refractivity contribution in [2.24, 2.45) is 0 Å². The molecule has 5 nitrogen and oxygen atoms in total. The van der Waals surface area contributed by atoms with Gasteiger partial charge in [0.1, 0.15) is 12.4 Å². The van der Waals surface area contributed by atoms with Crippen LogP contribution in [0.1, 0.15) is 15.9 Å². The van der Waals surface area contributed by atoms with Crippen LogP contribution in [0, 0.1) is 0 Å². The molecule has 0 saturated carbocycles. The Bertz CT molecular complexity index is 819. The van der Waals surface area contributed by atoms with E-state index in [4.69, 9.17) is 4.74 Å². The fourth-order valence-corrected chi connectivity index (χ4v) is 3.26. The monoisotopic (exact) mass is 397 g/mol. The number of aldehydes is 1. The van der Waals surface area contributed by atoms with Crippen molar-refractivity contribution in [3.8, 4) is 5.75 Å². The van der Waals surface area contributed by atoms with Crippen LogP contribution in [0.2, 0.25) is 0 Å². The summed E-state index contributed by atoms with van der Waals surface area (Å²) in [6.45, 7) is 0.166. The maximum Gasteiger partial charge on any atom is 0.242 e. The number of carbonyl (C=O) groups is 1. The largest absolute Gasteiger partial charge is 0.488 e. The lowest BCUT2D eigenvalue weighted by molar-refractivity contribution is 0.111. The number of rotatable bonds is 6. The quantitative estimate of drug-likeness (QED) is 0.702. The first-order valence-corrected chi connectivity index (χ1v) is 8.97. The molecule has 2 rings (SSSR count). The summed E-state index contributed by atoms with van der Waals surface area (Å²) < 4.78 is 31.8. The minimum absolute atomic E-state index is 0.166. The number of ether oxygens (including phenoxy) is 1. The van der Waals surface area contributed by atoms with E-state index in [1.54, 1.807) is 36.4 Å². The van der Waals surface area contributed by atoms with E-state index in [-0.39, 0.29) is 11.5 Å². The van der Waals surface area contributed by atoms with E-state index in [0.29, 0.717) is 23.2 Å². The highest BCUT2D eigenvalue weighted by molar-refractivity contribution is 9.10. The molecule has 0 heterocycles. The molecule has 2 aromatic carbocycles. The van der Waals surface area contributed by atoms with Crippen molar-refractivity contribution in [3.05, 3.63) is 58.1 Å². The Morgan fingerprint density at radius 1 is 1.17 bits per heavy atom. The molecule has 122 valence electrons. The van der Waals surface area contributed by atoms with Gasteiger partial charge in [0, 0.05) is 18.6 Å². The molecule has 0 aliphatic heterocycles. The Hall–Kier alpha value is -1.70. The summed E-state index contributed by atoms with van der Waals surface area (Å²) >= 11 is 3.29. The maximum atomic E-state index is 12.1. The summed E-state index contributed by atoms with van der Waals surface area (Å²) in [7, 11) is -0.520. The van der Waals surface area contributed by atoms with Crippen LogP contribution >= 0.6 is 15.9 Å². The first-order valence-electron chi connectivity index (χ1n) is 6.73. The molecule has 7 heteroatoms. The van der Waals surface area contributed by atoms with Gasteiger partial charge < -0.3 is 4.74 Å². The SMILES string of the molecule is CN(C)S(=O)(=O)c1cccc(COc2ccc(Br)cc2C=O)c1. The Labute approximate surface area is 144 Å². The molecule has 0 amide bonds. The van der Waals surface area contributed by atoms with E-state index in [2.05, 4.69) is 15.9 Å². The van der Waals surface area contributed by atoms with Gasteiger partial charge in [0.05, 0.1) is 10.5 Å². The Morgan fingerprint density at radius 2 is 1.91 bits per heavy atom. The van der Waals surface area contributed by atoms with E-state index >= 15 is 0 Å². The molecule has 2 aromatic rings. The Balaban J connectivity index is 2.21. The number of hydrogen-bond acceptors (Lipinski definition) is 4. The molecule has 0 aliphatic rings. The summed E-state index contributed by atoms with van der Waals surface area (Å²) in [5, 5.41) is 0. The van der Waals surface area contributed by atoms with Crippen molar-refractivity contribution in [1.82, 2.24) is 4.31 Å². The van der Waals surface area contributed by atoms with Crippen LogP contribution in [0.3, 0.4) is 0 Å². The lowest BCUT2D eigenvalue weighted by Gasteiger charge is -2.13. The van der Waals surface area contributed by atoms with Gasteiger partial charge in [-0.15, -0.1) is 0 Å². The van der Waals surface area contributed by atoms with Gasteiger partial charge in [0.25, 0.3) is 0 Å². The van der Waals surface area contributed by atoms with Crippen LogP contribution < -0.4 is 4.74 Å². The molecular formula is C16H16BrNO4S. The predicted molar refractivity (Wildman–Crippen MR) is 91.2 cm³/mol. The number of sulfonamides is 1. The highest BCUT2D eigenvalue weighted by atomic mass is 79.9. The van der Waals surface area contributed by atoms with Crippen LogP contribution in [-0.4, -0.2) is 33.1 Å². The molecule has 0 fully saturated rings. The summed E-state index contributed by atoms with van der Waals surface area (Å²) in [4.78, 5) is 11.3. The van der Waals surface area contributed by atoms with Crippen LogP contribution in [0.5, 0.6) is 5.75 Å². The normalized spacial score (nSPS) is 11.5. The zero-order valence-corrected chi connectivity index (χ0v) is 15.1. The molecule has 0 saturated heterocycles. The van der Waals surface area contributed by atoms with Gasteiger partial charge in [0.15, 0.2) is 6.29 Å². The molecule has 0 radical (unpaired) electrons. The smallest absolute Gasteiger partial charge is 0.242 e. The Morgan fingerprint density at radius 3 is 2.57 bits per heavy atom. The fraction of sp³-hybridized carbons (Fsp3) is 0.188. The van der Waals surface area contributed by atoms with Crippen LogP contribution in [-0.2, 0) is 16.6 Å².